The minimum atomic E-state index is -1.26. The van der Waals surface area contributed by atoms with Gasteiger partial charge >= 0.3 is 5.97 Å². The van der Waals surface area contributed by atoms with Gasteiger partial charge in [-0.25, -0.2) is 0 Å². The molecule has 0 spiro atoms. The summed E-state index contributed by atoms with van der Waals surface area (Å²) in [5.74, 6) is -4.41. The quantitative estimate of drug-likeness (QED) is 0.0678. The molecule has 0 aromatic carbocycles. The molecule has 0 aliphatic heterocycles. The second kappa shape index (κ2) is 14.6. The van der Waals surface area contributed by atoms with Crippen LogP contribution in [0.1, 0.15) is 46.5 Å². The van der Waals surface area contributed by atoms with Gasteiger partial charge in [0.15, 0.2) is 5.96 Å². The number of hydrogen-bond acceptors (Lipinski definition) is 7. The van der Waals surface area contributed by atoms with Crippen LogP contribution in [0.25, 0.3) is 0 Å². The first kappa shape index (κ1) is 29.6. The Morgan fingerprint density at radius 2 is 1.36 bits per heavy atom. The number of nitrogens with two attached hydrogens (primary N) is 4. The number of carbonyl (C=O) groups excluding carboxylic acids is 4. The fourth-order valence-corrected chi connectivity index (χ4v) is 2.55. The van der Waals surface area contributed by atoms with Gasteiger partial charge in [0, 0.05) is 13.0 Å². The number of carbonyl (C=O) groups is 5. The molecule has 4 amide bonds. The van der Waals surface area contributed by atoms with Crippen molar-refractivity contribution in [1.82, 2.24) is 16.0 Å². The number of carboxylic acid groups (broad SMARTS) is 1. The maximum atomic E-state index is 12.9. The number of nitrogens with one attached hydrogen (secondary N) is 3. The molecule has 33 heavy (non-hydrogen) atoms. The molecule has 14 nitrogen and oxygen atoms in total. The second-order valence-electron chi connectivity index (χ2n) is 7.91. The van der Waals surface area contributed by atoms with E-state index in [1.165, 1.54) is 6.92 Å². The molecular formula is C19H36N8O6. The number of hydrogen-bond donors (Lipinski definition) is 8. The lowest BCUT2D eigenvalue weighted by Gasteiger charge is -2.25. The average molecular weight is 473 g/mol. The molecule has 0 saturated carbocycles. The lowest BCUT2D eigenvalue weighted by Crippen LogP contribution is -2.57. The summed E-state index contributed by atoms with van der Waals surface area (Å²) in [6.45, 7) is 4.88. The fraction of sp³-hybridized carbons (Fsp3) is 0.684. The molecule has 0 aromatic heterocycles. The van der Waals surface area contributed by atoms with Crippen molar-refractivity contribution in [2.45, 2.75) is 70.6 Å². The zero-order valence-electron chi connectivity index (χ0n) is 19.2. The normalized spacial score (nSPS) is 14.3. The van der Waals surface area contributed by atoms with E-state index in [9.17, 15) is 24.0 Å². The number of primary amides is 1. The van der Waals surface area contributed by atoms with E-state index in [2.05, 4.69) is 20.9 Å². The van der Waals surface area contributed by atoms with E-state index in [1.54, 1.807) is 13.8 Å². The molecule has 12 N–H and O–H groups in total. The van der Waals surface area contributed by atoms with Gasteiger partial charge in [-0.05, 0) is 32.1 Å². The average Bonchev–Trinajstić information content (AvgIpc) is 2.71. The van der Waals surface area contributed by atoms with E-state index in [4.69, 9.17) is 28.0 Å². The standard InChI is InChI=1S/C19H36N8O6/c1-9(2)14(21)17(31)27-12(6-7-13(20)28)16(30)26-11(5-4-8-24-19(22)23)15(29)25-10(3)18(32)33/h9-12,14H,4-8,21H2,1-3H3,(H2,20,28)(H,25,29)(H,26,30)(H,27,31)(H,32,33)(H4,22,23,24). The van der Waals surface area contributed by atoms with E-state index in [0.29, 0.717) is 0 Å². The first-order chi connectivity index (χ1) is 15.3. The SMILES string of the molecule is CC(NC(=O)C(CCCN=C(N)N)NC(=O)C(CCC(N)=O)NC(=O)C(N)C(C)C)C(=O)O. The first-order valence-corrected chi connectivity index (χ1v) is 10.5. The third-order valence-corrected chi connectivity index (χ3v) is 4.64. The first-order valence-electron chi connectivity index (χ1n) is 10.5. The van der Waals surface area contributed by atoms with Gasteiger partial charge in [-0.3, -0.25) is 29.0 Å². The van der Waals surface area contributed by atoms with Crippen LogP contribution < -0.4 is 38.9 Å². The van der Waals surface area contributed by atoms with Gasteiger partial charge < -0.3 is 44.0 Å². The topological polar surface area (TPSA) is 258 Å². The van der Waals surface area contributed by atoms with Crippen molar-refractivity contribution in [1.29, 1.82) is 0 Å². The Kier molecular flexibility index (Phi) is 13.1. The summed E-state index contributed by atoms with van der Waals surface area (Å²) >= 11 is 0. The van der Waals surface area contributed by atoms with Gasteiger partial charge in [0.25, 0.3) is 0 Å². The highest BCUT2D eigenvalue weighted by molar-refractivity contribution is 5.94. The van der Waals surface area contributed by atoms with E-state index in [0.717, 1.165) is 0 Å². The summed E-state index contributed by atoms with van der Waals surface area (Å²) < 4.78 is 0. The minimum Gasteiger partial charge on any atom is -0.480 e. The van der Waals surface area contributed by atoms with Crippen molar-refractivity contribution in [2.75, 3.05) is 6.54 Å². The Morgan fingerprint density at radius 3 is 1.85 bits per heavy atom. The van der Waals surface area contributed by atoms with E-state index >= 15 is 0 Å². The van der Waals surface area contributed by atoms with E-state index in [-0.39, 0.29) is 44.1 Å². The van der Waals surface area contributed by atoms with Gasteiger partial charge in [0.2, 0.25) is 23.6 Å². The molecule has 0 aliphatic carbocycles. The molecule has 0 radical (unpaired) electrons. The van der Waals surface area contributed by atoms with Crippen LogP contribution in [-0.4, -0.2) is 71.4 Å². The molecule has 0 heterocycles. The molecular weight excluding hydrogens is 436 g/mol. The molecule has 0 aliphatic rings. The third-order valence-electron chi connectivity index (χ3n) is 4.64. The van der Waals surface area contributed by atoms with Gasteiger partial charge in [-0.15, -0.1) is 0 Å². The summed E-state index contributed by atoms with van der Waals surface area (Å²) in [5.41, 5.74) is 21.5. The Balaban J connectivity index is 5.50. The highest BCUT2D eigenvalue weighted by atomic mass is 16.4. The van der Waals surface area contributed by atoms with Crippen LogP contribution in [0.15, 0.2) is 4.99 Å². The van der Waals surface area contributed by atoms with E-state index in [1.807, 2.05) is 0 Å². The van der Waals surface area contributed by atoms with Crippen LogP contribution in [0.5, 0.6) is 0 Å². The fourth-order valence-electron chi connectivity index (χ4n) is 2.55. The lowest BCUT2D eigenvalue weighted by atomic mass is 10.0. The van der Waals surface area contributed by atoms with Crippen LogP contribution in [0.2, 0.25) is 0 Å². The van der Waals surface area contributed by atoms with Crippen molar-refractivity contribution >= 4 is 35.6 Å². The highest BCUT2D eigenvalue weighted by Crippen LogP contribution is 2.05. The summed E-state index contributed by atoms with van der Waals surface area (Å²) in [7, 11) is 0. The summed E-state index contributed by atoms with van der Waals surface area (Å²) in [6, 6.07) is -4.45. The van der Waals surface area contributed by atoms with Crippen molar-refractivity contribution in [3.8, 4) is 0 Å². The number of amides is 4. The van der Waals surface area contributed by atoms with Crippen LogP contribution in [0.3, 0.4) is 0 Å². The Hall–Kier alpha value is -3.42. The third kappa shape index (κ3) is 12.3. The maximum Gasteiger partial charge on any atom is 0.325 e. The summed E-state index contributed by atoms with van der Waals surface area (Å²) in [5, 5.41) is 16.3. The smallest absolute Gasteiger partial charge is 0.325 e. The monoisotopic (exact) mass is 472 g/mol. The van der Waals surface area contributed by atoms with Crippen molar-refractivity contribution in [3.05, 3.63) is 0 Å². The number of carboxylic acids is 1. The van der Waals surface area contributed by atoms with Crippen LogP contribution in [-0.2, 0) is 24.0 Å². The molecule has 4 atom stereocenters. The van der Waals surface area contributed by atoms with Gasteiger partial charge in [0.1, 0.15) is 18.1 Å². The molecule has 14 heteroatoms. The Labute approximate surface area is 192 Å². The Bertz CT molecular complexity index is 738. The van der Waals surface area contributed by atoms with E-state index < -0.39 is 53.8 Å². The number of rotatable bonds is 15. The minimum absolute atomic E-state index is 0.0721. The molecule has 0 aromatic rings. The predicted molar refractivity (Wildman–Crippen MR) is 120 cm³/mol. The molecule has 0 saturated heterocycles. The van der Waals surface area contributed by atoms with Crippen LogP contribution in [0, 0.1) is 5.92 Å². The summed E-state index contributed by atoms with van der Waals surface area (Å²) in [6.07, 6.45) is 0.0369. The second-order valence-corrected chi connectivity index (χ2v) is 7.91. The zero-order valence-corrected chi connectivity index (χ0v) is 19.2. The molecule has 188 valence electrons. The number of aliphatic imine (C=N–C) groups is 1. The molecule has 0 fully saturated rings. The predicted octanol–water partition coefficient (Wildman–Crippen LogP) is -3.15. The molecule has 4 unspecified atom stereocenters. The zero-order chi connectivity index (χ0) is 25.7. The van der Waals surface area contributed by atoms with Gasteiger partial charge in [0.05, 0.1) is 6.04 Å². The largest absolute Gasteiger partial charge is 0.480 e. The van der Waals surface area contributed by atoms with Crippen molar-refractivity contribution in [3.63, 3.8) is 0 Å². The number of guanidine groups is 1. The number of aliphatic carboxylic acids is 1. The maximum absolute atomic E-state index is 12.9. The van der Waals surface area contributed by atoms with Crippen molar-refractivity contribution < 1.29 is 29.1 Å². The van der Waals surface area contributed by atoms with Crippen LogP contribution >= 0.6 is 0 Å². The molecule has 0 rings (SSSR count). The summed E-state index contributed by atoms with van der Waals surface area (Å²) in [4.78, 5) is 63.9. The van der Waals surface area contributed by atoms with Crippen molar-refractivity contribution in [2.24, 2.45) is 33.8 Å². The Morgan fingerprint density at radius 1 is 0.848 bits per heavy atom. The molecule has 0 bridgehead atoms. The van der Waals surface area contributed by atoms with Gasteiger partial charge in [-0.1, -0.05) is 13.8 Å². The van der Waals surface area contributed by atoms with Crippen LogP contribution in [0.4, 0.5) is 0 Å². The highest BCUT2D eigenvalue weighted by Gasteiger charge is 2.29. The van der Waals surface area contributed by atoms with Gasteiger partial charge in [-0.2, -0.15) is 0 Å². The lowest BCUT2D eigenvalue weighted by molar-refractivity contribution is -0.141. The number of nitrogens with zero attached hydrogens (tertiary/aromatic N) is 1.